The van der Waals surface area contributed by atoms with E-state index in [2.05, 4.69) is 18.6 Å². The number of hydrogen-bond donors (Lipinski definition) is 1. The van der Waals surface area contributed by atoms with Crippen LogP contribution in [-0.2, 0) is 14.8 Å². The summed E-state index contributed by atoms with van der Waals surface area (Å²) in [5.74, 6) is -0.191. The molecule has 5 heteroatoms. The smallest absolute Gasteiger partial charge is 0.240 e. The largest absolute Gasteiger partial charge is 0.274 e. The monoisotopic (exact) mass is 291 g/mol. The summed E-state index contributed by atoms with van der Waals surface area (Å²) in [4.78, 5) is 11.6. The van der Waals surface area contributed by atoms with Gasteiger partial charge in [-0.3, -0.25) is 9.52 Å². The van der Waals surface area contributed by atoms with E-state index >= 15 is 0 Å². The fourth-order valence-electron chi connectivity index (χ4n) is 1.76. The Morgan fingerprint density at radius 1 is 1.21 bits per heavy atom. The van der Waals surface area contributed by atoms with E-state index in [-0.39, 0.29) is 5.92 Å². The van der Waals surface area contributed by atoms with Crippen molar-refractivity contribution in [3.8, 4) is 0 Å². The van der Waals surface area contributed by atoms with E-state index in [0.717, 1.165) is 12.8 Å². The summed E-state index contributed by atoms with van der Waals surface area (Å²) >= 11 is 0. The zero-order valence-corrected chi connectivity index (χ0v) is 13.9. The second-order valence-electron chi connectivity index (χ2n) is 6.21. The molecule has 0 aliphatic rings. The molecule has 0 aromatic rings. The number of carbonyl (C=O) groups excluding carboxylic acids is 1. The van der Waals surface area contributed by atoms with Crippen LogP contribution in [-0.4, -0.2) is 19.1 Å². The van der Waals surface area contributed by atoms with E-state index in [0.29, 0.717) is 18.8 Å². The van der Waals surface area contributed by atoms with Crippen LogP contribution in [0.5, 0.6) is 0 Å². The van der Waals surface area contributed by atoms with Crippen molar-refractivity contribution in [2.75, 3.05) is 0 Å². The van der Waals surface area contributed by atoms with E-state index in [1.54, 1.807) is 20.8 Å². The molecule has 0 aliphatic carbocycles. The molecular weight excluding hydrogens is 262 g/mol. The standard InChI is InChI=1S/C14H29NO3S/c1-7-14(6,10-8-9-11(2)3)19(17,18)15-13(16)12(4)5/h11-12H,7-10H2,1-6H3,(H,15,16). The molecule has 0 bridgehead atoms. The maximum absolute atomic E-state index is 12.3. The van der Waals surface area contributed by atoms with E-state index < -0.39 is 20.7 Å². The molecule has 1 amide bonds. The van der Waals surface area contributed by atoms with Crippen LogP contribution < -0.4 is 4.72 Å². The molecule has 0 aromatic carbocycles. The van der Waals surface area contributed by atoms with Gasteiger partial charge in [-0.25, -0.2) is 8.42 Å². The Morgan fingerprint density at radius 3 is 2.11 bits per heavy atom. The van der Waals surface area contributed by atoms with Crippen LogP contribution in [0.4, 0.5) is 0 Å². The summed E-state index contributed by atoms with van der Waals surface area (Å²) in [6, 6.07) is 0. The van der Waals surface area contributed by atoms with Gasteiger partial charge in [-0.15, -0.1) is 0 Å². The summed E-state index contributed by atoms with van der Waals surface area (Å²) in [6.45, 7) is 11.2. The van der Waals surface area contributed by atoms with Crippen molar-refractivity contribution in [1.29, 1.82) is 0 Å². The Bertz CT molecular complexity index is 387. The third-order valence-electron chi connectivity index (χ3n) is 3.64. The van der Waals surface area contributed by atoms with Crippen LogP contribution in [0, 0.1) is 11.8 Å². The fraction of sp³-hybridized carbons (Fsp3) is 0.929. The van der Waals surface area contributed by atoms with Gasteiger partial charge in [0.2, 0.25) is 15.9 Å². The molecule has 0 rings (SSSR count). The summed E-state index contributed by atoms with van der Waals surface area (Å²) in [5.41, 5.74) is 0. The number of hydrogen-bond acceptors (Lipinski definition) is 3. The summed E-state index contributed by atoms with van der Waals surface area (Å²) in [6.07, 6.45) is 2.95. The zero-order valence-electron chi connectivity index (χ0n) is 13.1. The third kappa shape index (κ3) is 5.51. The van der Waals surface area contributed by atoms with Gasteiger partial charge in [-0.05, 0) is 25.7 Å². The molecule has 0 saturated carbocycles. The van der Waals surface area contributed by atoms with Crippen molar-refractivity contribution >= 4 is 15.9 Å². The maximum Gasteiger partial charge on any atom is 0.240 e. The second-order valence-corrected chi connectivity index (χ2v) is 8.41. The number of sulfonamides is 1. The molecule has 0 aliphatic heterocycles. The molecule has 19 heavy (non-hydrogen) atoms. The first kappa shape index (κ1) is 18.4. The number of amides is 1. The van der Waals surface area contributed by atoms with E-state index in [1.165, 1.54) is 0 Å². The Kier molecular flexibility index (Phi) is 7.05. The van der Waals surface area contributed by atoms with Gasteiger partial charge in [0, 0.05) is 5.92 Å². The van der Waals surface area contributed by atoms with Crippen molar-refractivity contribution in [2.24, 2.45) is 11.8 Å². The third-order valence-corrected chi connectivity index (χ3v) is 5.90. The highest BCUT2D eigenvalue weighted by atomic mass is 32.2. The topological polar surface area (TPSA) is 63.2 Å². The first-order valence-corrected chi connectivity index (χ1v) is 8.60. The number of rotatable bonds is 8. The number of carbonyl (C=O) groups is 1. The van der Waals surface area contributed by atoms with E-state index in [9.17, 15) is 13.2 Å². The van der Waals surface area contributed by atoms with Gasteiger partial charge in [0.15, 0.2) is 0 Å². The molecular formula is C14H29NO3S. The van der Waals surface area contributed by atoms with Crippen LogP contribution in [0.1, 0.15) is 67.2 Å². The Balaban J connectivity index is 4.84. The highest BCUT2D eigenvalue weighted by Crippen LogP contribution is 2.28. The molecule has 4 nitrogen and oxygen atoms in total. The van der Waals surface area contributed by atoms with Crippen molar-refractivity contribution in [3.05, 3.63) is 0 Å². The maximum atomic E-state index is 12.3. The predicted octanol–water partition coefficient (Wildman–Crippen LogP) is 3.08. The van der Waals surface area contributed by atoms with Crippen LogP contribution in [0.25, 0.3) is 0 Å². The van der Waals surface area contributed by atoms with Gasteiger partial charge in [-0.1, -0.05) is 47.5 Å². The minimum Gasteiger partial charge on any atom is -0.274 e. The minimum atomic E-state index is -3.61. The zero-order chi connectivity index (χ0) is 15.3. The van der Waals surface area contributed by atoms with Crippen LogP contribution in [0.2, 0.25) is 0 Å². The predicted molar refractivity (Wildman–Crippen MR) is 79.3 cm³/mol. The van der Waals surface area contributed by atoms with Gasteiger partial charge in [0.25, 0.3) is 0 Å². The molecule has 1 N–H and O–H groups in total. The van der Waals surface area contributed by atoms with Gasteiger partial charge < -0.3 is 0 Å². The molecule has 0 fully saturated rings. The van der Waals surface area contributed by atoms with E-state index in [4.69, 9.17) is 0 Å². The lowest BCUT2D eigenvalue weighted by atomic mass is 9.97. The summed E-state index contributed by atoms with van der Waals surface area (Å²) in [7, 11) is -3.61. The molecule has 0 spiro atoms. The Morgan fingerprint density at radius 2 is 1.74 bits per heavy atom. The molecule has 1 unspecified atom stereocenters. The van der Waals surface area contributed by atoms with Crippen molar-refractivity contribution < 1.29 is 13.2 Å². The normalized spacial score (nSPS) is 15.6. The average Bonchev–Trinajstić information content (AvgIpc) is 2.27. The quantitative estimate of drug-likeness (QED) is 0.747. The van der Waals surface area contributed by atoms with Crippen molar-refractivity contribution in [3.63, 3.8) is 0 Å². The van der Waals surface area contributed by atoms with Gasteiger partial charge in [-0.2, -0.15) is 0 Å². The second kappa shape index (κ2) is 7.27. The average molecular weight is 291 g/mol. The Hall–Kier alpha value is -0.580. The lowest BCUT2D eigenvalue weighted by Crippen LogP contribution is -2.47. The molecule has 0 aromatic heterocycles. The summed E-state index contributed by atoms with van der Waals surface area (Å²) < 4.78 is 26.0. The SMILES string of the molecule is CCC(C)(CCCC(C)C)S(=O)(=O)NC(=O)C(C)C. The highest BCUT2D eigenvalue weighted by Gasteiger charge is 2.38. The molecule has 0 radical (unpaired) electrons. The highest BCUT2D eigenvalue weighted by molar-refractivity contribution is 7.91. The molecule has 0 heterocycles. The van der Waals surface area contributed by atoms with E-state index in [1.807, 2.05) is 6.92 Å². The van der Waals surface area contributed by atoms with Crippen molar-refractivity contribution in [2.45, 2.75) is 72.0 Å². The molecule has 0 saturated heterocycles. The summed E-state index contributed by atoms with van der Waals surface area (Å²) in [5, 5.41) is 0. The fourth-order valence-corrected chi connectivity index (χ4v) is 3.30. The Labute approximate surface area is 118 Å². The molecule has 1 atom stereocenters. The van der Waals surface area contributed by atoms with Crippen LogP contribution in [0.3, 0.4) is 0 Å². The lowest BCUT2D eigenvalue weighted by molar-refractivity contribution is -0.122. The first-order valence-electron chi connectivity index (χ1n) is 7.12. The first-order chi connectivity index (χ1) is 8.55. The van der Waals surface area contributed by atoms with Gasteiger partial charge >= 0.3 is 0 Å². The minimum absolute atomic E-state index is 0.327. The van der Waals surface area contributed by atoms with Gasteiger partial charge in [0.1, 0.15) is 0 Å². The lowest BCUT2D eigenvalue weighted by Gasteiger charge is -2.28. The number of nitrogens with one attached hydrogen (secondary N) is 1. The van der Waals surface area contributed by atoms with Crippen molar-refractivity contribution in [1.82, 2.24) is 4.72 Å². The van der Waals surface area contributed by atoms with Crippen LogP contribution >= 0.6 is 0 Å². The van der Waals surface area contributed by atoms with Gasteiger partial charge in [0.05, 0.1) is 4.75 Å². The van der Waals surface area contributed by atoms with Crippen LogP contribution in [0.15, 0.2) is 0 Å². The molecule has 114 valence electrons.